The number of hydrogen-bond donors (Lipinski definition) is 2. The van der Waals surface area contributed by atoms with Crippen LogP contribution in [-0.4, -0.2) is 65.5 Å². The largest absolute Gasteiger partial charge is 0.377 e. The Morgan fingerprint density at radius 3 is 2.32 bits per heavy atom. The van der Waals surface area contributed by atoms with E-state index in [-0.39, 0.29) is 10.8 Å². The Bertz CT molecular complexity index is 1060. The third-order valence-electron chi connectivity index (χ3n) is 6.77. The average Bonchev–Trinajstić information content (AvgIpc) is 2.84. The predicted molar refractivity (Wildman–Crippen MR) is 140 cm³/mol. The van der Waals surface area contributed by atoms with Gasteiger partial charge in [-0.3, -0.25) is 4.79 Å². The Morgan fingerprint density at radius 1 is 1.00 bits per heavy atom. The van der Waals surface area contributed by atoms with Gasteiger partial charge in [0.25, 0.3) is 0 Å². The van der Waals surface area contributed by atoms with Crippen LogP contribution in [0.3, 0.4) is 0 Å². The fourth-order valence-electron chi connectivity index (χ4n) is 4.65. The molecule has 1 unspecified atom stereocenters. The lowest BCUT2D eigenvalue weighted by atomic mass is 10.0. The third kappa shape index (κ3) is 6.49. The molecule has 34 heavy (non-hydrogen) atoms. The molecule has 8 heteroatoms. The Labute approximate surface area is 204 Å². The lowest BCUT2D eigenvalue weighted by Crippen LogP contribution is -2.49. The maximum atomic E-state index is 13.6. The van der Waals surface area contributed by atoms with Gasteiger partial charge in [0.05, 0.1) is 4.90 Å². The van der Waals surface area contributed by atoms with E-state index in [2.05, 4.69) is 17.0 Å². The van der Waals surface area contributed by atoms with Crippen molar-refractivity contribution in [2.75, 3.05) is 39.1 Å². The summed E-state index contributed by atoms with van der Waals surface area (Å²) in [6, 6.07) is 10.7. The highest BCUT2D eigenvalue weighted by Crippen LogP contribution is 2.30. The fourth-order valence-corrected chi connectivity index (χ4v) is 6.10. The van der Waals surface area contributed by atoms with E-state index in [9.17, 15) is 13.2 Å². The highest BCUT2D eigenvalue weighted by atomic mass is 32.2. The van der Waals surface area contributed by atoms with E-state index in [1.54, 1.807) is 12.1 Å². The number of nitrogens with zero attached hydrogens (tertiary/aromatic N) is 2. The summed E-state index contributed by atoms with van der Waals surface area (Å²) in [5, 5.41) is 4.76. The Hall–Kier alpha value is -2.16. The van der Waals surface area contributed by atoms with E-state index < -0.39 is 16.1 Å². The van der Waals surface area contributed by atoms with Crippen LogP contribution < -0.4 is 14.9 Å². The van der Waals surface area contributed by atoms with Gasteiger partial charge < -0.3 is 15.1 Å². The van der Waals surface area contributed by atoms with Gasteiger partial charge in [-0.25, -0.2) is 8.42 Å². The zero-order valence-corrected chi connectivity index (χ0v) is 21.8. The Morgan fingerprint density at radius 2 is 1.65 bits per heavy atom. The lowest BCUT2D eigenvalue weighted by Gasteiger charge is -2.31. The first-order valence-electron chi connectivity index (χ1n) is 12.4. The van der Waals surface area contributed by atoms with Crippen molar-refractivity contribution in [3.63, 3.8) is 0 Å². The van der Waals surface area contributed by atoms with Crippen molar-refractivity contribution in [1.29, 1.82) is 0 Å². The second-order valence-corrected chi connectivity index (χ2v) is 11.2. The van der Waals surface area contributed by atoms with E-state index in [0.717, 1.165) is 49.6 Å². The molecule has 7 nitrogen and oxygen atoms in total. The summed E-state index contributed by atoms with van der Waals surface area (Å²) in [6.07, 6.45) is 6.28. The molecule has 0 aliphatic carbocycles. The number of unbranched alkanes of at least 4 members (excludes halogenated alkanes) is 1. The SMILES string of the molecule is CNC(C)CCCC[C@H](NS(=O)(=O)c1cccc2c(N(C)C)cccc12)C(=O)N1CCCCC1. The average molecular weight is 489 g/mol. The van der Waals surface area contributed by atoms with E-state index in [0.29, 0.717) is 30.9 Å². The maximum Gasteiger partial charge on any atom is 0.241 e. The molecule has 188 valence electrons. The molecule has 3 rings (SSSR count). The standard InChI is InChI=1S/C26H40N4O3S/c1-20(27-2)12-6-7-15-23(26(31)30-18-8-5-9-19-30)28-34(32,33)25-17-11-13-21-22(25)14-10-16-24(21)29(3)4/h10-11,13-14,16-17,20,23,27-28H,5-9,12,15,18-19H2,1-4H3/t20?,23-/m0/s1. The molecule has 2 aromatic rings. The van der Waals surface area contributed by atoms with Crippen LogP contribution in [0.5, 0.6) is 0 Å². The number of anilines is 1. The maximum absolute atomic E-state index is 13.6. The quantitative estimate of drug-likeness (QED) is 0.471. The number of fused-ring (bicyclic) bond motifs is 1. The number of rotatable bonds is 11. The summed E-state index contributed by atoms with van der Waals surface area (Å²) >= 11 is 0. The van der Waals surface area contributed by atoms with Crippen LogP contribution in [0.1, 0.15) is 51.9 Å². The van der Waals surface area contributed by atoms with Crippen molar-refractivity contribution in [2.45, 2.75) is 68.8 Å². The summed E-state index contributed by atoms with van der Waals surface area (Å²) in [7, 11) is 1.92. The molecule has 1 amide bonds. The molecule has 2 aromatic carbocycles. The number of carbonyl (C=O) groups excluding carboxylic acids is 1. The van der Waals surface area contributed by atoms with Crippen molar-refractivity contribution in [3.8, 4) is 0 Å². The first kappa shape index (κ1) is 26.4. The van der Waals surface area contributed by atoms with Gasteiger partial charge in [0.1, 0.15) is 6.04 Å². The van der Waals surface area contributed by atoms with Gasteiger partial charge in [0.2, 0.25) is 15.9 Å². The Kier molecular flexibility index (Phi) is 9.33. The minimum atomic E-state index is -3.90. The first-order chi connectivity index (χ1) is 16.2. The van der Waals surface area contributed by atoms with Gasteiger partial charge in [0, 0.05) is 49.7 Å². The Balaban J connectivity index is 1.86. The number of amides is 1. The van der Waals surface area contributed by atoms with Crippen LogP contribution in [0.2, 0.25) is 0 Å². The molecule has 0 spiro atoms. The summed E-state index contributed by atoms with van der Waals surface area (Å²) in [5.41, 5.74) is 0.953. The minimum Gasteiger partial charge on any atom is -0.377 e. The van der Waals surface area contributed by atoms with E-state index in [1.807, 2.05) is 55.2 Å². The van der Waals surface area contributed by atoms with Gasteiger partial charge in [-0.05, 0) is 58.2 Å². The van der Waals surface area contributed by atoms with E-state index >= 15 is 0 Å². The number of hydrogen-bond acceptors (Lipinski definition) is 5. The summed E-state index contributed by atoms with van der Waals surface area (Å²) in [6.45, 7) is 3.53. The van der Waals surface area contributed by atoms with Gasteiger partial charge in [0.15, 0.2) is 0 Å². The molecule has 1 heterocycles. The van der Waals surface area contributed by atoms with Crippen LogP contribution in [0, 0.1) is 0 Å². The number of sulfonamides is 1. The highest BCUT2D eigenvalue weighted by molar-refractivity contribution is 7.89. The molecule has 0 aromatic heterocycles. The van der Waals surface area contributed by atoms with Gasteiger partial charge in [-0.1, -0.05) is 37.1 Å². The number of carbonyl (C=O) groups is 1. The molecule has 0 bridgehead atoms. The van der Waals surface area contributed by atoms with Crippen molar-refractivity contribution < 1.29 is 13.2 Å². The number of piperidine rings is 1. The zero-order chi connectivity index (χ0) is 24.7. The first-order valence-corrected chi connectivity index (χ1v) is 13.9. The number of nitrogens with one attached hydrogen (secondary N) is 2. The molecule has 1 aliphatic rings. The van der Waals surface area contributed by atoms with Crippen LogP contribution >= 0.6 is 0 Å². The number of likely N-dealkylation sites (tertiary alicyclic amines) is 1. The minimum absolute atomic E-state index is 0.0980. The molecule has 1 aliphatic heterocycles. The smallest absolute Gasteiger partial charge is 0.241 e. The van der Waals surface area contributed by atoms with Gasteiger partial charge in [-0.2, -0.15) is 4.72 Å². The highest BCUT2D eigenvalue weighted by Gasteiger charge is 2.30. The van der Waals surface area contributed by atoms with Crippen molar-refractivity contribution in [1.82, 2.24) is 14.9 Å². The van der Waals surface area contributed by atoms with Crippen molar-refractivity contribution >= 4 is 32.4 Å². The second-order valence-electron chi connectivity index (χ2n) is 9.56. The molecular formula is C26H40N4O3S. The summed E-state index contributed by atoms with van der Waals surface area (Å²) in [5.74, 6) is -0.0980. The summed E-state index contributed by atoms with van der Waals surface area (Å²) < 4.78 is 30.0. The molecule has 0 radical (unpaired) electrons. The second kappa shape index (κ2) is 12.0. The van der Waals surface area contributed by atoms with Gasteiger partial charge >= 0.3 is 0 Å². The van der Waals surface area contributed by atoms with Crippen LogP contribution in [0.25, 0.3) is 10.8 Å². The monoisotopic (exact) mass is 488 g/mol. The van der Waals surface area contributed by atoms with E-state index in [1.165, 1.54) is 0 Å². The fraction of sp³-hybridized carbons (Fsp3) is 0.577. The predicted octanol–water partition coefficient (Wildman–Crippen LogP) is 3.73. The van der Waals surface area contributed by atoms with Crippen molar-refractivity contribution in [2.24, 2.45) is 0 Å². The molecule has 1 saturated heterocycles. The number of benzene rings is 2. The molecule has 2 atom stereocenters. The molecule has 1 fully saturated rings. The van der Waals surface area contributed by atoms with Crippen LogP contribution in [-0.2, 0) is 14.8 Å². The molecular weight excluding hydrogens is 448 g/mol. The van der Waals surface area contributed by atoms with Crippen LogP contribution in [0.4, 0.5) is 5.69 Å². The van der Waals surface area contributed by atoms with Crippen molar-refractivity contribution in [3.05, 3.63) is 36.4 Å². The summed E-state index contributed by atoms with van der Waals surface area (Å²) in [4.78, 5) is 17.4. The topological polar surface area (TPSA) is 81.7 Å². The molecule has 0 saturated carbocycles. The van der Waals surface area contributed by atoms with E-state index in [4.69, 9.17) is 0 Å². The lowest BCUT2D eigenvalue weighted by molar-refractivity contribution is -0.134. The van der Waals surface area contributed by atoms with Gasteiger partial charge in [-0.15, -0.1) is 0 Å². The normalized spacial score (nSPS) is 16.4. The third-order valence-corrected chi connectivity index (χ3v) is 8.30. The zero-order valence-electron chi connectivity index (χ0n) is 21.0. The molecule has 2 N–H and O–H groups in total. The van der Waals surface area contributed by atoms with Crippen LogP contribution in [0.15, 0.2) is 41.3 Å².